The summed E-state index contributed by atoms with van der Waals surface area (Å²) in [5.74, 6) is -0.890. The zero-order chi connectivity index (χ0) is 29.6. The Bertz CT molecular complexity index is 1240. The van der Waals surface area contributed by atoms with E-state index in [1.165, 1.54) is 24.3 Å². The van der Waals surface area contributed by atoms with E-state index in [1.807, 2.05) is 13.8 Å². The van der Waals surface area contributed by atoms with E-state index in [9.17, 15) is 21.6 Å². The second kappa shape index (κ2) is 13.6. The number of rotatable bonds is 12. The zero-order valence-corrected chi connectivity index (χ0v) is 25.4. The Morgan fingerprint density at radius 3 is 1.45 bits per heavy atom. The number of carbonyl (C=O) groups is 1. The van der Waals surface area contributed by atoms with Crippen LogP contribution in [0.4, 0.5) is 0 Å². The number of carbonyl (C=O) groups excluding carboxylic acids is 1. The normalized spacial score (nSPS) is 20.3. The first-order valence-corrected chi connectivity index (χ1v) is 16.2. The van der Waals surface area contributed by atoms with Crippen LogP contribution in [-0.2, 0) is 42.9 Å². The Balaban J connectivity index is 1.64. The molecule has 3 rings (SSSR count). The summed E-state index contributed by atoms with van der Waals surface area (Å²) in [6.07, 6.45) is 1.72. The molecule has 0 N–H and O–H groups in total. The van der Waals surface area contributed by atoms with Crippen LogP contribution in [0.5, 0.6) is 0 Å². The maximum atomic E-state index is 12.7. The predicted octanol–water partition coefficient (Wildman–Crippen LogP) is 4.81. The van der Waals surface area contributed by atoms with Crippen LogP contribution >= 0.6 is 0 Å². The first kappa shape index (κ1) is 32.2. The summed E-state index contributed by atoms with van der Waals surface area (Å²) >= 11 is 0. The average Bonchev–Trinajstić information content (AvgIpc) is 2.86. The summed E-state index contributed by atoms with van der Waals surface area (Å²) < 4.78 is 72.7. The minimum absolute atomic E-state index is 0.0532. The van der Waals surface area contributed by atoms with Gasteiger partial charge >= 0.3 is 5.97 Å². The van der Waals surface area contributed by atoms with Crippen molar-refractivity contribution in [3.05, 3.63) is 59.7 Å². The van der Waals surface area contributed by atoms with E-state index in [2.05, 4.69) is 0 Å². The van der Waals surface area contributed by atoms with Crippen LogP contribution in [0.25, 0.3) is 0 Å². The van der Waals surface area contributed by atoms with Crippen LogP contribution in [0.1, 0.15) is 51.2 Å². The quantitative estimate of drug-likeness (QED) is 0.251. The molecule has 0 aliphatic heterocycles. The van der Waals surface area contributed by atoms with E-state index in [4.69, 9.17) is 17.8 Å². The van der Waals surface area contributed by atoms with E-state index >= 15 is 0 Å². The van der Waals surface area contributed by atoms with Gasteiger partial charge in [0.1, 0.15) is 12.2 Å². The maximum Gasteiger partial charge on any atom is 0.332 e. The molecule has 9 nitrogen and oxygen atoms in total. The first-order chi connectivity index (χ1) is 18.6. The number of ether oxygens (including phenoxy) is 2. The van der Waals surface area contributed by atoms with Gasteiger partial charge in [0, 0.05) is 0 Å². The van der Waals surface area contributed by atoms with E-state index in [0.29, 0.717) is 19.3 Å². The van der Waals surface area contributed by atoms with Crippen LogP contribution in [0.15, 0.2) is 58.3 Å². The third-order valence-electron chi connectivity index (χ3n) is 6.53. The molecule has 0 spiro atoms. The summed E-state index contributed by atoms with van der Waals surface area (Å²) in [4.78, 5) is 12.2. The summed E-state index contributed by atoms with van der Waals surface area (Å²) in [5, 5.41) is 0. The fourth-order valence-electron chi connectivity index (χ4n) is 4.71. The summed E-state index contributed by atoms with van der Waals surface area (Å²) in [6.45, 7) is 8.97. The highest BCUT2D eigenvalue weighted by Gasteiger charge is 2.32. The molecular weight excluding hydrogens is 556 g/mol. The molecule has 2 atom stereocenters. The number of esters is 1. The Hall–Kier alpha value is -2.31. The van der Waals surface area contributed by atoms with Crippen molar-refractivity contribution in [2.24, 2.45) is 17.8 Å². The van der Waals surface area contributed by atoms with Gasteiger partial charge in [-0.3, -0.25) is 8.37 Å². The zero-order valence-electron chi connectivity index (χ0n) is 23.8. The molecule has 0 amide bonds. The van der Waals surface area contributed by atoms with Crippen LogP contribution in [0.2, 0.25) is 0 Å². The summed E-state index contributed by atoms with van der Waals surface area (Å²) in [6, 6.07) is 12.8. The third-order valence-corrected chi connectivity index (χ3v) is 9.12. The van der Waals surface area contributed by atoms with Crippen LogP contribution in [0, 0.1) is 31.6 Å². The van der Waals surface area contributed by atoms with Crippen molar-refractivity contribution in [2.45, 2.75) is 69.3 Å². The highest BCUT2D eigenvalue weighted by Crippen LogP contribution is 2.35. The van der Waals surface area contributed by atoms with Crippen molar-refractivity contribution < 1.29 is 39.5 Å². The van der Waals surface area contributed by atoms with E-state index in [1.54, 1.807) is 45.0 Å². The van der Waals surface area contributed by atoms with Gasteiger partial charge < -0.3 is 9.47 Å². The van der Waals surface area contributed by atoms with Gasteiger partial charge in [-0.25, -0.2) is 4.79 Å². The summed E-state index contributed by atoms with van der Waals surface area (Å²) in [7, 11) is -7.90. The highest BCUT2D eigenvalue weighted by molar-refractivity contribution is 7.87. The van der Waals surface area contributed by atoms with E-state index in [-0.39, 0.29) is 54.0 Å². The number of hydrogen-bond acceptors (Lipinski definition) is 9. The average molecular weight is 597 g/mol. The second-order valence-corrected chi connectivity index (χ2v) is 14.7. The smallest absolute Gasteiger partial charge is 0.332 e. The van der Waals surface area contributed by atoms with E-state index in [0.717, 1.165) is 11.1 Å². The lowest BCUT2D eigenvalue weighted by Gasteiger charge is -2.34. The Morgan fingerprint density at radius 2 is 1.07 bits per heavy atom. The van der Waals surface area contributed by atoms with Gasteiger partial charge in [0.2, 0.25) is 0 Å². The van der Waals surface area contributed by atoms with Crippen molar-refractivity contribution in [1.82, 2.24) is 0 Å². The minimum Gasteiger partial charge on any atom is -0.458 e. The number of hydrogen-bond donors (Lipinski definition) is 0. The van der Waals surface area contributed by atoms with Crippen molar-refractivity contribution in [1.29, 1.82) is 0 Å². The largest absolute Gasteiger partial charge is 0.458 e. The Morgan fingerprint density at radius 1 is 0.700 bits per heavy atom. The molecule has 1 aliphatic carbocycles. The Kier molecular flexibility index (Phi) is 10.9. The Labute approximate surface area is 238 Å². The number of aryl methyl sites for hydroxylation is 2. The van der Waals surface area contributed by atoms with Gasteiger partial charge in [-0.15, -0.1) is 0 Å². The standard InChI is InChI=1S/C29H40O9S2/c1-21-6-10-26(11-7-21)39(31,32)36-18-24-14-23(17-35-20-28(30)38-29(3,4)5)15-25(16-24)19-37-40(33,34)27-12-8-22(2)9-13-27/h6-13,23-25H,14-20H2,1-5H3. The highest BCUT2D eigenvalue weighted by atomic mass is 32.2. The van der Waals surface area contributed by atoms with Crippen molar-refractivity contribution >= 4 is 26.2 Å². The van der Waals surface area contributed by atoms with Crippen LogP contribution in [0.3, 0.4) is 0 Å². The molecule has 40 heavy (non-hydrogen) atoms. The molecule has 2 unspecified atom stereocenters. The molecule has 0 heterocycles. The van der Waals surface area contributed by atoms with Gasteiger partial charge in [0.25, 0.3) is 20.2 Å². The van der Waals surface area contributed by atoms with Crippen LogP contribution < -0.4 is 0 Å². The van der Waals surface area contributed by atoms with Crippen molar-refractivity contribution in [3.63, 3.8) is 0 Å². The van der Waals surface area contributed by atoms with Crippen molar-refractivity contribution in [2.75, 3.05) is 26.4 Å². The van der Waals surface area contributed by atoms with Gasteiger partial charge in [-0.2, -0.15) is 16.8 Å². The lowest BCUT2D eigenvalue weighted by Crippen LogP contribution is -2.32. The molecule has 2 aromatic rings. The van der Waals surface area contributed by atoms with Gasteiger partial charge in [0.15, 0.2) is 0 Å². The predicted molar refractivity (Wildman–Crippen MR) is 150 cm³/mol. The molecule has 0 bridgehead atoms. The van der Waals surface area contributed by atoms with E-state index < -0.39 is 31.8 Å². The minimum atomic E-state index is -3.95. The molecule has 1 aliphatic rings. The molecule has 222 valence electrons. The fraction of sp³-hybridized carbons (Fsp3) is 0.552. The first-order valence-electron chi connectivity index (χ1n) is 13.3. The van der Waals surface area contributed by atoms with Crippen LogP contribution in [-0.4, -0.2) is 54.8 Å². The fourth-order valence-corrected chi connectivity index (χ4v) is 6.66. The number of benzene rings is 2. The van der Waals surface area contributed by atoms with Crippen molar-refractivity contribution in [3.8, 4) is 0 Å². The maximum absolute atomic E-state index is 12.7. The lowest BCUT2D eigenvalue weighted by atomic mass is 9.76. The topological polar surface area (TPSA) is 122 Å². The molecule has 1 saturated carbocycles. The lowest BCUT2D eigenvalue weighted by molar-refractivity contribution is -0.160. The molecule has 1 fully saturated rings. The van der Waals surface area contributed by atoms with Gasteiger partial charge in [-0.05, 0) is 95.9 Å². The molecule has 0 radical (unpaired) electrons. The second-order valence-electron chi connectivity index (χ2n) is 11.5. The molecule has 11 heteroatoms. The molecule has 0 saturated heterocycles. The summed E-state index contributed by atoms with van der Waals surface area (Å²) in [5.41, 5.74) is 1.25. The molecule has 0 aromatic heterocycles. The van der Waals surface area contributed by atoms with Gasteiger partial charge in [-0.1, -0.05) is 35.4 Å². The monoisotopic (exact) mass is 596 g/mol. The van der Waals surface area contributed by atoms with Gasteiger partial charge in [0.05, 0.1) is 29.6 Å². The SMILES string of the molecule is Cc1ccc(S(=O)(=O)OCC2CC(COCC(=O)OC(C)(C)C)CC(COS(=O)(=O)c3ccc(C)cc3)C2)cc1. The molecular formula is C29H40O9S2. The third kappa shape index (κ3) is 10.3. The molecule has 2 aromatic carbocycles.